The highest BCUT2D eigenvalue weighted by molar-refractivity contribution is 5.90. The predicted molar refractivity (Wildman–Crippen MR) is 91.2 cm³/mol. The summed E-state index contributed by atoms with van der Waals surface area (Å²) in [5.74, 6) is -0.928. The summed E-state index contributed by atoms with van der Waals surface area (Å²) in [5, 5.41) is 17.5. The third-order valence-corrected chi connectivity index (χ3v) is 4.27. The summed E-state index contributed by atoms with van der Waals surface area (Å²) in [7, 11) is 0. The topological polar surface area (TPSA) is 97.1 Å². The summed E-state index contributed by atoms with van der Waals surface area (Å²) in [5.41, 5.74) is -0.361. The van der Waals surface area contributed by atoms with E-state index in [-0.39, 0.29) is 11.5 Å². The van der Waals surface area contributed by atoms with E-state index in [1.165, 1.54) is 11.6 Å². The van der Waals surface area contributed by atoms with Crippen LogP contribution >= 0.6 is 0 Å². The van der Waals surface area contributed by atoms with Gasteiger partial charge in [0.2, 0.25) is 0 Å². The molecule has 0 saturated heterocycles. The molecule has 0 radical (unpaired) electrons. The van der Waals surface area contributed by atoms with E-state index in [9.17, 15) is 14.7 Å². The van der Waals surface area contributed by atoms with Crippen LogP contribution in [0.1, 0.15) is 11.3 Å². The van der Waals surface area contributed by atoms with Crippen molar-refractivity contribution in [3.8, 4) is 11.4 Å². The van der Waals surface area contributed by atoms with E-state index < -0.39 is 17.2 Å². The number of carbonyl (C=O) groups is 1. The molecule has 0 aliphatic carbocycles. The van der Waals surface area contributed by atoms with Crippen LogP contribution in [0.15, 0.2) is 59.4 Å². The first-order valence-electron chi connectivity index (χ1n) is 7.69. The predicted octanol–water partition coefficient (Wildman–Crippen LogP) is 1.82. The minimum Gasteiger partial charge on any atom is -0.478 e. The molecule has 1 aliphatic heterocycles. The van der Waals surface area contributed by atoms with Crippen molar-refractivity contribution in [3.63, 3.8) is 0 Å². The van der Waals surface area contributed by atoms with E-state index in [2.05, 4.69) is 15.4 Å². The Morgan fingerprint density at radius 3 is 2.52 bits per heavy atom. The SMILES string of the molecule is Cc1nn2c(nc1=O)-c1ccccc1NC2(C(=O)O)c1ccccc1. The lowest BCUT2D eigenvalue weighted by Gasteiger charge is -2.38. The van der Waals surface area contributed by atoms with Gasteiger partial charge in [0, 0.05) is 16.8 Å². The average Bonchev–Trinajstić information content (AvgIpc) is 2.63. The van der Waals surface area contributed by atoms with E-state index in [4.69, 9.17) is 0 Å². The van der Waals surface area contributed by atoms with Crippen LogP contribution < -0.4 is 10.9 Å². The third-order valence-electron chi connectivity index (χ3n) is 4.27. The number of rotatable bonds is 2. The lowest BCUT2D eigenvalue weighted by atomic mass is 9.95. The molecule has 124 valence electrons. The number of nitrogens with one attached hydrogen (secondary N) is 1. The largest absolute Gasteiger partial charge is 0.478 e. The Morgan fingerprint density at radius 1 is 1.12 bits per heavy atom. The van der Waals surface area contributed by atoms with Gasteiger partial charge in [-0.3, -0.25) is 4.79 Å². The number of benzene rings is 2. The van der Waals surface area contributed by atoms with Crippen molar-refractivity contribution in [3.05, 3.63) is 76.2 Å². The third kappa shape index (κ3) is 2.06. The highest BCUT2D eigenvalue weighted by Gasteiger charge is 2.48. The molecule has 2 aromatic carbocycles. The quantitative estimate of drug-likeness (QED) is 0.742. The average molecular weight is 334 g/mol. The van der Waals surface area contributed by atoms with Crippen LogP contribution in [0.25, 0.3) is 11.4 Å². The second-order valence-electron chi connectivity index (χ2n) is 5.79. The van der Waals surface area contributed by atoms with Gasteiger partial charge in [-0.15, -0.1) is 0 Å². The fourth-order valence-corrected chi connectivity index (χ4v) is 3.05. The maximum atomic E-state index is 12.4. The molecule has 2 N–H and O–H groups in total. The molecule has 4 rings (SSSR count). The van der Waals surface area contributed by atoms with E-state index in [1.54, 1.807) is 54.6 Å². The van der Waals surface area contributed by atoms with Gasteiger partial charge in [-0.1, -0.05) is 42.5 Å². The maximum absolute atomic E-state index is 12.4. The summed E-state index contributed by atoms with van der Waals surface area (Å²) < 4.78 is 1.28. The zero-order valence-corrected chi connectivity index (χ0v) is 13.3. The first-order chi connectivity index (χ1) is 12.0. The summed E-state index contributed by atoms with van der Waals surface area (Å²) >= 11 is 0. The maximum Gasteiger partial charge on any atom is 0.357 e. The van der Waals surface area contributed by atoms with Gasteiger partial charge in [0.25, 0.3) is 11.2 Å². The van der Waals surface area contributed by atoms with Gasteiger partial charge < -0.3 is 10.4 Å². The molecule has 25 heavy (non-hydrogen) atoms. The molecule has 0 saturated carbocycles. The summed E-state index contributed by atoms with van der Waals surface area (Å²) in [6.07, 6.45) is 0. The lowest BCUT2D eigenvalue weighted by molar-refractivity contribution is -0.144. The number of carboxylic acid groups (broad SMARTS) is 1. The number of hydrogen-bond donors (Lipinski definition) is 2. The Kier molecular flexibility index (Phi) is 3.18. The van der Waals surface area contributed by atoms with Gasteiger partial charge in [-0.2, -0.15) is 10.1 Å². The van der Waals surface area contributed by atoms with Gasteiger partial charge in [0.15, 0.2) is 5.82 Å². The molecule has 1 aliphatic rings. The first kappa shape index (κ1) is 15.1. The van der Waals surface area contributed by atoms with Crippen LogP contribution in [-0.2, 0) is 10.5 Å². The van der Waals surface area contributed by atoms with Gasteiger partial charge in [0.05, 0.1) is 0 Å². The van der Waals surface area contributed by atoms with Crippen LogP contribution in [0.4, 0.5) is 5.69 Å². The number of nitrogens with zero attached hydrogens (tertiary/aromatic N) is 3. The van der Waals surface area contributed by atoms with Crippen molar-refractivity contribution in [2.75, 3.05) is 5.32 Å². The second kappa shape index (κ2) is 5.27. The van der Waals surface area contributed by atoms with E-state index in [0.29, 0.717) is 16.8 Å². The van der Waals surface area contributed by atoms with Crippen molar-refractivity contribution in [2.45, 2.75) is 12.6 Å². The van der Waals surface area contributed by atoms with Crippen LogP contribution in [0.5, 0.6) is 0 Å². The molecule has 0 bridgehead atoms. The smallest absolute Gasteiger partial charge is 0.357 e. The van der Waals surface area contributed by atoms with Crippen LogP contribution in [0.2, 0.25) is 0 Å². The van der Waals surface area contributed by atoms with E-state index in [1.807, 2.05) is 0 Å². The minimum atomic E-state index is -1.70. The van der Waals surface area contributed by atoms with Gasteiger partial charge in [0.1, 0.15) is 5.69 Å². The molecule has 1 atom stereocenters. The van der Waals surface area contributed by atoms with Crippen LogP contribution in [-0.4, -0.2) is 25.8 Å². The Bertz CT molecular complexity index is 1050. The molecule has 3 aromatic rings. The number of anilines is 1. The molecule has 7 heteroatoms. The van der Waals surface area contributed by atoms with Crippen molar-refractivity contribution in [1.29, 1.82) is 0 Å². The highest BCUT2D eigenvalue weighted by Crippen LogP contribution is 2.39. The molecule has 1 unspecified atom stereocenters. The van der Waals surface area contributed by atoms with Crippen molar-refractivity contribution >= 4 is 11.7 Å². The molecular formula is C18H14N4O3. The Hall–Kier alpha value is -3.48. The number of aliphatic carboxylic acids is 1. The Balaban J connectivity index is 2.14. The summed E-state index contributed by atoms with van der Waals surface area (Å²) in [6, 6.07) is 15.8. The van der Waals surface area contributed by atoms with E-state index >= 15 is 0 Å². The Morgan fingerprint density at radius 2 is 1.80 bits per heavy atom. The van der Waals surface area contributed by atoms with Gasteiger partial charge in [-0.25, -0.2) is 9.48 Å². The number of carboxylic acids is 1. The summed E-state index contributed by atoms with van der Waals surface area (Å²) in [4.78, 5) is 28.6. The molecule has 0 amide bonds. The standard InChI is InChI=1S/C18H14N4O3/c1-11-16(23)19-15-13-9-5-6-10-14(13)20-18(17(24)25,22(15)21-11)12-7-3-2-4-8-12/h2-10,20H,1H3,(H,24,25). The van der Waals surface area contributed by atoms with Gasteiger partial charge in [-0.05, 0) is 19.1 Å². The molecule has 1 aromatic heterocycles. The minimum absolute atomic E-state index is 0.131. The molecule has 2 heterocycles. The number of aromatic nitrogens is 3. The molecule has 7 nitrogen and oxygen atoms in total. The fraction of sp³-hybridized carbons (Fsp3) is 0.111. The van der Waals surface area contributed by atoms with Crippen molar-refractivity contribution in [2.24, 2.45) is 0 Å². The second-order valence-corrected chi connectivity index (χ2v) is 5.79. The molecule has 0 fully saturated rings. The lowest BCUT2D eigenvalue weighted by Crippen LogP contribution is -2.54. The van der Waals surface area contributed by atoms with Crippen LogP contribution in [0.3, 0.4) is 0 Å². The molecular weight excluding hydrogens is 320 g/mol. The fourth-order valence-electron chi connectivity index (χ4n) is 3.05. The first-order valence-corrected chi connectivity index (χ1v) is 7.69. The number of fused-ring (bicyclic) bond motifs is 3. The normalized spacial score (nSPS) is 18.0. The van der Waals surface area contributed by atoms with E-state index in [0.717, 1.165) is 0 Å². The van der Waals surface area contributed by atoms with Gasteiger partial charge >= 0.3 is 5.97 Å². The summed E-state index contributed by atoms with van der Waals surface area (Å²) in [6.45, 7) is 1.51. The zero-order chi connectivity index (χ0) is 17.6. The monoisotopic (exact) mass is 334 g/mol. The number of para-hydroxylation sites is 1. The zero-order valence-electron chi connectivity index (χ0n) is 13.3. The number of hydrogen-bond acceptors (Lipinski definition) is 5. The number of aryl methyl sites for hydroxylation is 1. The van der Waals surface area contributed by atoms with Crippen molar-refractivity contribution < 1.29 is 9.90 Å². The highest BCUT2D eigenvalue weighted by atomic mass is 16.4. The molecule has 0 spiro atoms. The van der Waals surface area contributed by atoms with Crippen molar-refractivity contribution in [1.82, 2.24) is 14.8 Å². The Labute approximate surface area is 142 Å². The van der Waals surface area contributed by atoms with Crippen LogP contribution in [0, 0.1) is 6.92 Å².